The molecular formula is C15H20ClN3O2. The van der Waals surface area contributed by atoms with Crippen LogP contribution in [-0.4, -0.2) is 16.4 Å². The van der Waals surface area contributed by atoms with Crippen molar-refractivity contribution in [2.75, 3.05) is 5.32 Å². The van der Waals surface area contributed by atoms with Crippen LogP contribution in [0.5, 0.6) is 0 Å². The number of oxazole rings is 1. The first-order chi connectivity index (χ1) is 9.53. The summed E-state index contributed by atoms with van der Waals surface area (Å²) < 4.78 is 5.24. The van der Waals surface area contributed by atoms with Gasteiger partial charge in [0, 0.05) is 11.3 Å². The van der Waals surface area contributed by atoms with Gasteiger partial charge in [0.15, 0.2) is 0 Å². The Balaban J connectivity index is 0.00000220. The average Bonchev–Trinajstić information content (AvgIpc) is 2.93. The van der Waals surface area contributed by atoms with E-state index in [9.17, 15) is 4.79 Å². The molecule has 0 spiro atoms. The van der Waals surface area contributed by atoms with Crippen molar-refractivity contribution in [2.24, 2.45) is 5.73 Å². The fourth-order valence-corrected chi connectivity index (χ4v) is 2.00. The molecule has 114 valence electrons. The third kappa shape index (κ3) is 4.31. The molecular weight excluding hydrogens is 290 g/mol. The van der Waals surface area contributed by atoms with Gasteiger partial charge in [0.2, 0.25) is 11.8 Å². The molecule has 1 unspecified atom stereocenters. The standard InChI is InChI=1S/C15H19N3O2.ClH/c1-3-7-15(2,16)14(19)18-12-6-4-5-11(10-12)13-17-8-9-20-13;/h4-6,8-10H,3,7,16H2,1-2H3,(H,18,19);1H. The number of halogens is 1. The summed E-state index contributed by atoms with van der Waals surface area (Å²) >= 11 is 0. The van der Waals surface area contributed by atoms with Crippen LogP contribution in [0.2, 0.25) is 0 Å². The molecule has 5 nitrogen and oxygen atoms in total. The normalized spacial score (nSPS) is 13.1. The topological polar surface area (TPSA) is 81.2 Å². The number of amides is 1. The quantitative estimate of drug-likeness (QED) is 0.888. The first-order valence-corrected chi connectivity index (χ1v) is 6.63. The smallest absolute Gasteiger partial charge is 0.244 e. The van der Waals surface area contributed by atoms with E-state index in [1.807, 2.05) is 31.2 Å². The van der Waals surface area contributed by atoms with Crippen LogP contribution in [-0.2, 0) is 4.79 Å². The lowest BCUT2D eigenvalue weighted by Crippen LogP contribution is -2.48. The second-order valence-corrected chi connectivity index (χ2v) is 5.04. The van der Waals surface area contributed by atoms with Crippen molar-refractivity contribution in [3.05, 3.63) is 36.7 Å². The first kappa shape index (κ1) is 17.2. The molecule has 2 rings (SSSR count). The summed E-state index contributed by atoms with van der Waals surface area (Å²) in [6.07, 6.45) is 4.59. The molecule has 1 aromatic heterocycles. The summed E-state index contributed by atoms with van der Waals surface area (Å²) in [5.41, 5.74) is 6.63. The fourth-order valence-electron chi connectivity index (χ4n) is 2.00. The minimum Gasteiger partial charge on any atom is -0.445 e. The summed E-state index contributed by atoms with van der Waals surface area (Å²) in [6, 6.07) is 7.33. The van der Waals surface area contributed by atoms with E-state index in [0.717, 1.165) is 12.0 Å². The molecule has 0 fully saturated rings. The van der Waals surface area contributed by atoms with Crippen molar-refractivity contribution >= 4 is 24.0 Å². The highest BCUT2D eigenvalue weighted by atomic mass is 35.5. The number of rotatable bonds is 5. The van der Waals surface area contributed by atoms with E-state index in [1.54, 1.807) is 13.1 Å². The Bertz CT molecular complexity index is 582. The Labute approximate surface area is 130 Å². The zero-order valence-electron chi connectivity index (χ0n) is 12.1. The molecule has 0 aliphatic carbocycles. The number of hydrogen-bond acceptors (Lipinski definition) is 4. The molecule has 0 radical (unpaired) electrons. The second-order valence-electron chi connectivity index (χ2n) is 5.04. The van der Waals surface area contributed by atoms with Gasteiger partial charge in [-0.25, -0.2) is 4.98 Å². The van der Waals surface area contributed by atoms with Crippen molar-refractivity contribution in [1.82, 2.24) is 4.98 Å². The van der Waals surface area contributed by atoms with Crippen LogP contribution < -0.4 is 11.1 Å². The highest BCUT2D eigenvalue weighted by molar-refractivity contribution is 5.97. The number of carbonyl (C=O) groups is 1. The summed E-state index contributed by atoms with van der Waals surface area (Å²) in [4.78, 5) is 16.2. The van der Waals surface area contributed by atoms with Crippen LogP contribution in [0.4, 0.5) is 5.69 Å². The van der Waals surface area contributed by atoms with Gasteiger partial charge in [0.05, 0.1) is 11.7 Å². The minimum absolute atomic E-state index is 0. The zero-order valence-corrected chi connectivity index (χ0v) is 12.9. The third-order valence-electron chi connectivity index (χ3n) is 3.09. The van der Waals surface area contributed by atoms with Crippen molar-refractivity contribution in [1.29, 1.82) is 0 Å². The Morgan fingerprint density at radius 3 is 2.86 bits per heavy atom. The Morgan fingerprint density at radius 1 is 1.48 bits per heavy atom. The maximum absolute atomic E-state index is 12.1. The summed E-state index contributed by atoms with van der Waals surface area (Å²) in [5.74, 6) is 0.328. The average molecular weight is 310 g/mol. The number of hydrogen-bond donors (Lipinski definition) is 2. The van der Waals surface area contributed by atoms with Gasteiger partial charge >= 0.3 is 0 Å². The fraction of sp³-hybridized carbons (Fsp3) is 0.333. The van der Waals surface area contributed by atoms with Crippen LogP contribution in [0.1, 0.15) is 26.7 Å². The van der Waals surface area contributed by atoms with E-state index in [2.05, 4.69) is 10.3 Å². The van der Waals surface area contributed by atoms with Crippen LogP contribution in [0.15, 0.2) is 41.1 Å². The molecule has 1 atom stereocenters. The lowest BCUT2D eigenvalue weighted by Gasteiger charge is -2.22. The SMILES string of the molecule is CCCC(C)(N)C(=O)Nc1cccc(-c2ncco2)c1.Cl. The van der Waals surface area contributed by atoms with Crippen LogP contribution in [0, 0.1) is 0 Å². The van der Waals surface area contributed by atoms with Gasteiger partial charge in [0.25, 0.3) is 0 Å². The summed E-state index contributed by atoms with van der Waals surface area (Å²) in [5, 5.41) is 2.84. The second kappa shape index (κ2) is 7.24. The Morgan fingerprint density at radius 2 is 2.24 bits per heavy atom. The van der Waals surface area contributed by atoms with Crippen molar-refractivity contribution in [3.63, 3.8) is 0 Å². The molecule has 1 heterocycles. The number of nitrogens with two attached hydrogens (primary N) is 1. The molecule has 6 heteroatoms. The van der Waals surface area contributed by atoms with Gasteiger partial charge in [-0.15, -0.1) is 12.4 Å². The number of nitrogens with one attached hydrogen (secondary N) is 1. The maximum Gasteiger partial charge on any atom is 0.244 e. The van der Waals surface area contributed by atoms with Crippen LogP contribution >= 0.6 is 12.4 Å². The van der Waals surface area contributed by atoms with Gasteiger partial charge in [-0.05, 0) is 31.5 Å². The number of benzene rings is 1. The number of anilines is 1. The molecule has 3 N–H and O–H groups in total. The predicted octanol–water partition coefficient (Wildman–Crippen LogP) is 3.22. The molecule has 0 aliphatic rings. The van der Waals surface area contributed by atoms with E-state index in [4.69, 9.17) is 10.2 Å². The Kier molecular flexibility index (Phi) is 5.93. The van der Waals surface area contributed by atoms with Gasteiger partial charge in [-0.2, -0.15) is 0 Å². The summed E-state index contributed by atoms with van der Waals surface area (Å²) in [7, 11) is 0. The highest BCUT2D eigenvalue weighted by Crippen LogP contribution is 2.22. The zero-order chi connectivity index (χ0) is 14.6. The summed E-state index contributed by atoms with van der Waals surface area (Å²) in [6.45, 7) is 3.74. The molecule has 0 saturated carbocycles. The molecule has 0 bridgehead atoms. The lowest BCUT2D eigenvalue weighted by atomic mass is 9.96. The minimum atomic E-state index is -0.867. The van der Waals surface area contributed by atoms with Crippen LogP contribution in [0.3, 0.4) is 0 Å². The third-order valence-corrected chi connectivity index (χ3v) is 3.09. The molecule has 0 saturated heterocycles. The number of aromatic nitrogens is 1. The van der Waals surface area contributed by atoms with Crippen molar-refractivity contribution < 1.29 is 9.21 Å². The van der Waals surface area contributed by atoms with E-state index in [0.29, 0.717) is 18.0 Å². The van der Waals surface area contributed by atoms with Gasteiger partial charge in [-0.3, -0.25) is 4.79 Å². The maximum atomic E-state index is 12.1. The Hall–Kier alpha value is -1.85. The van der Waals surface area contributed by atoms with E-state index < -0.39 is 5.54 Å². The van der Waals surface area contributed by atoms with Crippen molar-refractivity contribution in [2.45, 2.75) is 32.2 Å². The van der Waals surface area contributed by atoms with Crippen molar-refractivity contribution in [3.8, 4) is 11.5 Å². The largest absolute Gasteiger partial charge is 0.445 e. The molecule has 1 amide bonds. The first-order valence-electron chi connectivity index (χ1n) is 6.63. The van der Waals surface area contributed by atoms with Gasteiger partial charge in [0.1, 0.15) is 6.26 Å². The highest BCUT2D eigenvalue weighted by Gasteiger charge is 2.27. The molecule has 1 aromatic carbocycles. The van der Waals surface area contributed by atoms with E-state index in [-0.39, 0.29) is 18.3 Å². The molecule has 2 aromatic rings. The lowest BCUT2D eigenvalue weighted by molar-refractivity contribution is -0.120. The van der Waals surface area contributed by atoms with Gasteiger partial charge < -0.3 is 15.5 Å². The van der Waals surface area contributed by atoms with Gasteiger partial charge in [-0.1, -0.05) is 19.4 Å². The molecule has 21 heavy (non-hydrogen) atoms. The monoisotopic (exact) mass is 309 g/mol. The number of carbonyl (C=O) groups excluding carboxylic acids is 1. The van der Waals surface area contributed by atoms with E-state index >= 15 is 0 Å². The van der Waals surface area contributed by atoms with Crippen LogP contribution in [0.25, 0.3) is 11.5 Å². The molecule has 0 aliphatic heterocycles. The predicted molar refractivity (Wildman–Crippen MR) is 85.3 cm³/mol. The number of nitrogens with zero attached hydrogens (tertiary/aromatic N) is 1. The van der Waals surface area contributed by atoms with E-state index in [1.165, 1.54) is 6.26 Å².